The number of benzene rings is 1. The number of carbonyl (C=O) groups excluding carboxylic acids is 1. The van der Waals surface area contributed by atoms with Crippen molar-refractivity contribution < 1.29 is 4.79 Å². The third kappa shape index (κ3) is 3.46. The van der Waals surface area contributed by atoms with Crippen LogP contribution in [0.4, 0.5) is 0 Å². The van der Waals surface area contributed by atoms with E-state index in [1.165, 1.54) is 6.20 Å². The molecule has 6 heteroatoms. The minimum atomic E-state index is -0.281. The summed E-state index contributed by atoms with van der Waals surface area (Å²) in [5, 5.41) is 3.78. The van der Waals surface area contributed by atoms with Crippen LogP contribution in [0.15, 0.2) is 30.6 Å². The highest BCUT2D eigenvalue weighted by Gasteiger charge is 2.13. The standard InChI is InChI=1S/C14H13Cl2N3O/c1-8-6-18-13(7-17-8)14(20)19-9(2)10-3-4-11(15)12(16)5-10/h3-7,9H,1-2H3,(H,19,20)/t9-/m0/s1. The Labute approximate surface area is 127 Å². The lowest BCUT2D eigenvalue weighted by atomic mass is 10.1. The van der Waals surface area contributed by atoms with Crippen LogP contribution in [0.3, 0.4) is 0 Å². The smallest absolute Gasteiger partial charge is 0.271 e. The van der Waals surface area contributed by atoms with Gasteiger partial charge in [0.25, 0.3) is 5.91 Å². The molecule has 1 heterocycles. The van der Waals surface area contributed by atoms with Gasteiger partial charge in [-0.3, -0.25) is 9.78 Å². The summed E-state index contributed by atoms with van der Waals surface area (Å²) in [4.78, 5) is 20.1. The van der Waals surface area contributed by atoms with Gasteiger partial charge in [-0.2, -0.15) is 0 Å². The van der Waals surface area contributed by atoms with E-state index in [4.69, 9.17) is 23.2 Å². The Morgan fingerprint density at radius 2 is 1.95 bits per heavy atom. The van der Waals surface area contributed by atoms with Gasteiger partial charge in [-0.25, -0.2) is 4.98 Å². The molecule has 4 nitrogen and oxygen atoms in total. The van der Waals surface area contributed by atoms with Crippen molar-refractivity contribution in [2.75, 3.05) is 0 Å². The Balaban J connectivity index is 2.10. The molecule has 0 aliphatic carbocycles. The number of aryl methyl sites for hydroxylation is 1. The number of hydrogen-bond acceptors (Lipinski definition) is 3. The van der Waals surface area contributed by atoms with Crippen molar-refractivity contribution in [3.63, 3.8) is 0 Å². The second kappa shape index (κ2) is 6.20. The fraction of sp³-hybridized carbons (Fsp3) is 0.214. The molecule has 0 saturated carbocycles. The van der Waals surface area contributed by atoms with Crippen LogP contribution in [-0.2, 0) is 0 Å². The molecule has 0 saturated heterocycles. The van der Waals surface area contributed by atoms with Crippen LogP contribution in [0.25, 0.3) is 0 Å². The molecule has 1 aromatic heterocycles. The van der Waals surface area contributed by atoms with E-state index in [1.807, 2.05) is 19.9 Å². The summed E-state index contributed by atoms with van der Waals surface area (Å²) in [5.41, 5.74) is 1.91. The third-order valence-electron chi connectivity index (χ3n) is 2.80. The van der Waals surface area contributed by atoms with E-state index in [9.17, 15) is 4.79 Å². The molecular formula is C14H13Cl2N3O. The quantitative estimate of drug-likeness (QED) is 0.942. The van der Waals surface area contributed by atoms with Crippen molar-refractivity contribution >= 4 is 29.1 Å². The van der Waals surface area contributed by atoms with Gasteiger partial charge in [0, 0.05) is 6.20 Å². The van der Waals surface area contributed by atoms with Gasteiger partial charge < -0.3 is 5.32 Å². The first-order valence-corrected chi connectivity index (χ1v) is 6.77. The normalized spacial score (nSPS) is 12.0. The van der Waals surface area contributed by atoms with Gasteiger partial charge in [0.1, 0.15) is 5.69 Å². The number of aromatic nitrogens is 2. The fourth-order valence-electron chi connectivity index (χ4n) is 1.65. The molecule has 0 aliphatic heterocycles. The van der Waals surface area contributed by atoms with Gasteiger partial charge in [-0.05, 0) is 31.5 Å². The van der Waals surface area contributed by atoms with E-state index in [1.54, 1.807) is 18.3 Å². The molecule has 0 aliphatic rings. The van der Waals surface area contributed by atoms with Crippen LogP contribution in [0, 0.1) is 6.92 Å². The topological polar surface area (TPSA) is 54.9 Å². The van der Waals surface area contributed by atoms with E-state index in [-0.39, 0.29) is 17.6 Å². The second-order valence-electron chi connectivity index (χ2n) is 4.41. The molecular weight excluding hydrogens is 297 g/mol. The molecule has 0 radical (unpaired) electrons. The predicted octanol–water partition coefficient (Wildman–Crippen LogP) is 3.58. The van der Waals surface area contributed by atoms with Gasteiger partial charge >= 0.3 is 0 Å². The van der Waals surface area contributed by atoms with Crippen molar-refractivity contribution in [1.82, 2.24) is 15.3 Å². The lowest BCUT2D eigenvalue weighted by Gasteiger charge is -2.14. The lowest BCUT2D eigenvalue weighted by Crippen LogP contribution is -2.27. The molecule has 0 unspecified atom stereocenters. The average Bonchev–Trinajstić information content (AvgIpc) is 2.42. The number of halogens is 2. The van der Waals surface area contributed by atoms with Crippen LogP contribution in [0.5, 0.6) is 0 Å². The number of nitrogens with zero attached hydrogens (tertiary/aromatic N) is 2. The van der Waals surface area contributed by atoms with E-state index in [0.29, 0.717) is 10.0 Å². The van der Waals surface area contributed by atoms with Crippen molar-refractivity contribution in [2.24, 2.45) is 0 Å². The maximum Gasteiger partial charge on any atom is 0.271 e. The van der Waals surface area contributed by atoms with Gasteiger partial charge in [0.2, 0.25) is 0 Å². The Bertz CT molecular complexity index is 629. The van der Waals surface area contributed by atoms with Crippen LogP contribution in [0.2, 0.25) is 10.0 Å². The van der Waals surface area contributed by atoms with E-state index in [2.05, 4.69) is 15.3 Å². The maximum absolute atomic E-state index is 12.0. The molecule has 0 bridgehead atoms. The summed E-state index contributed by atoms with van der Waals surface area (Å²) in [7, 11) is 0. The first kappa shape index (κ1) is 14.8. The van der Waals surface area contributed by atoms with Gasteiger partial charge in [-0.1, -0.05) is 29.3 Å². The molecule has 104 valence electrons. The predicted molar refractivity (Wildman–Crippen MR) is 79.1 cm³/mol. The largest absolute Gasteiger partial charge is 0.344 e. The molecule has 1 atom stereocenters. The first-order valence-electron chi connectivity index (χ1n) is 6.02. The minimum Gasteiger partial charge on any atom is -0.344 e. The van der Waals surface area contributed by atoms with Crippen LogP contribution >= 0.6 is 23.2 Å². The SMILES string of the molecule is Cc1cnc(C(=O)N[C@@H](C)c2ccc(Cl)c(Cl)c2)cn1. The first-order chi connectivity index (χ1) is 9.47. The van der Waals surface area contributed by atoms with Crippen molar-refractivity contribution in [1.29, 1.82) is 0 Å². The molecule has 2 aromatic rings. The Morgan fingerprint density at radius 3 is 2.55 bits per heavy atom. The van der Waals surface area contributed by atoms with E-state index in [0.717, 1.165) is 11.3 Å². The summed E-state index contributed by atoms with van der Waals surface area (Å²) in [6, 6.07) is 5.05. The zero-order valence-corrected chi connectivity index (χ0v) is 12.5. The zero-order chi connectivity index (χ0) is 14.7. The Kier molecular flexibility index (Phi) is 4.57. The maximum atomic E-state index is 12.0. The highest BCUT2D eigenvalue weighted by atomic mass is 35.5. The van der Waals surface area contributed by atoms with Crippen LogP contribution in [-0.4, -0.2) is 15.9 Å². The highest BCUT2D eigenvalue weighted by molar-refractivity contribution is 6.42. The molecule has 1 N–H and O–H groups in total. The van der Waals surface area contributed by atoms with Gasteiger partial charge in [0.05, 0.1) is 28.0 Å². The summed E-state index contributed by atoms with van der Waals surface area (Å²) in [5.74, 6) is -0.281. The molecule has 0 spiro atoms. The van der Waals surface area contributed by atoms with Crippen molar-refractivity contribution in [3.8, 4) is 0 Å². The van der Waals surface area contributed by atoms with Crippen molar-refractivity contribution in [3.05, 3.63) is 57.6 Å². The number of hydrogen-bond donors (Lipinski definition) is 1. The number of nitrogens with one attached hydrogen (secondary N) is 1. The summed E-state index contributed by atoms with van der Waals surface area (Å²) >= 11 is 11.8. The molecule has 1 amide bonds. The fourth-order valence-corrected chi connectivity index (χ4v) is 1.95. The number of amides is 1. The number of rotatable bonds is 3. The monoisotopic (exact) mass is 309 g/mol. The highest BCUT2D eigenvalue weighted by Crippen LogP contribution is 2.25. The van der Waals surface area contributed by atoms with Crippen LogP contribution < -0.4 is 5.32 Å². The molecule has 2 rings (SSSR count). The third-order valence-corrected chi connectivity index (χ3v) is 3.54. The van der Waals surface area contributed by atoms with E-state index >= 15 is 0 Å². The lowest BCUT2D eigenvalue weighted by molar-refractivity contribution is 0.0934. The summed E-state index contributed by atoms with van der Waals surface area (Å²) in [6.07, 6.45) is 3.00. The summed E-state index contributed by atoms with van der Waals surface area (Å²) < 4.78 is 0. The van der Waals surface area contributed by atoms with Gasteiger partial charge in [-0.15, -0.1) is 0 Å². The van der Waals surface area contributed by atoms with E-state index < -0.39 is 0 Å². The molecule has 20 heavy (non-hydrogen) atoms. The van der Waals surface area contributed by atoms with Gasteiger partial charge in [0.15, 0.2) is 0 Å². The average molecular weight is 310 g/mol. The molecule has 0 fully saturated rings. The molecule has 1 aromatic carbocycles. The number of carbonyl (C=O) groups is 1. The Hall–Kier alpha value is -1.65. The minimum absolute atomic E-state index is 0.208. The summed E-state index contributed by atoms with van der Waals surface area (Å²) in [6.45, 7) is 3.67. The zero-order valence-electron chi connectivity index (χ0n) is 11.0. The van der Waals surface area contributed by atoms with Crippen LogP contribution in [0.1, 0.15) is 34.7 Å². The Morgan fingerprint density at radius 1 is 1.20 bits per heavy atom. The second-order valence-corrected chi connectivity index (χ2v) is 5.23. The van der Waals surface area contributed by atoms with Crippen molar-refractivity contribution in [2.45, 2.75) is 19.9 Å².